The van der Waals surface area contributed by atoms with Crippen LogP contribution >= 0.6 is 0 Å². The maximum atomic E-state index is 13.0. The average molecular weight is 432 g/mol. The van der Waals surface area contributed by atoms with Crippen LogP contribution in [-0.4, -0.2) is 44.5 Å². The van der Waals surface area contributed by atoms with Crippen LogP contribution in [0.3, 0.4) is 0 Å². The Morgan fingerprint density at radius 2 is 1.97 bits per heavy atom. The van der Waals surface area contributed by atoms with Gasteiger partial charge in [-0.05, 0) is 48.1 Å². The van der Waals surface area contributed by atoms with Gasteiger partial charge in [0.2, 0.25) is 5.91 Å². The number of carbonyl (C=O) groups excluding carboxylic acids is 2. The van der Waals surface area contributed by atoms with Gasteiger partial charge < -0.3 is 10.2 Å². The third kappa shape index (κ3) is 4.38. The molecule has 1 saturated carbocycles. The van der Waals surface area contributed by atoms with E-state index in [0.717, 1.165) is 41.4 Å². The van der Waals surface area contributed by atoms with Crippen molar-refractivity contribution >= 4 is 22.8 Å². The quantitative estimate of drug-likeness (QED) is 0.618. The van der Waals surface area contributed by atoms with Gasteiger partial charge in [0.15, 0.2) is 5.65 Å². The molecule has 0 spiro atoms. The average Bonchev–Trinajstić information content (AvgIpc) is 3.16. The van der Waals surface area contributed by atoms with E-state index in [1.54, 1.807) is 0 Å². The maximum Gasteiger partial charge on any atom is 0.251 e. The topological polar surface area (TPSA) is 91.0 Å². The van der Waals surface area contributed by atoms with Crippen LogP contribution in [0.2, 0.25) is 0 Å². The van der Waals surface area contributed by atoms with Crippen molar-refractivity contribution < 1.29 is 9.59 Å². The fourth-order valence-electron chi connectivity index (χ4n) is 4.97. The van der Waals surface area contributed by atoms with Crippen LogP contribution in [0.1, 0.15) is 65.6 Å². The number of fused-ring (bicyclic) bond motifs is 3. The Morgan fingerprint density at radius 1 is 1.12 bits per heavy atom. The first-order chi connectivity index (χ1) is 15.7. The van der Waals surface area contributed by atoms with Crippen molar-refractivity contribution in [2.45, 2.75) is 64.0 Å². The number of hydrogen-bond donors (Lipinski definition) is 2. The number of benzene rings is 1. The van der Waals surface area contributed by atoms with E-state index in [4.69, 9.17) is 0 Å². The van der Waals surface area contributed by atoms with Crippen molar-refractivity contribution in [3.63, 3.8) is 0 Å². The highest BCUT2D eigenvalue weighted by atomic mass is 16.2. The molecule has 2 amide bonds. The van der Waals surface area contributed by atoms with E-state index in [-0.39, 0.29) is 17.9 Å². The molecule has 2 aliphatic rings. The number of carbonyl (C=O) groups is 2. The van der Waals surface area contributed by atoms with Gasteiger partial charge in [-0.2, -0.15) is 5.10 Å². The highest BCUT2D eigenvalue weighted by Gasteiger charge is 2.23. The summed E-state index contributed by atoms with van der Waals surface area (Å²) in [7, 11) is 0. The zero-order chi connectivity index (χ0) is 21.9. The summed E-state index contributed by atoms with van der Waals surface area (Å²) in [5.41, 5.74) is 4.61. The largest absolute Gasteiger partial charge is 0.349 e. The third-order valence-electron chi connectivity index (χ3n) is 6.76. The van der Waals surface area contributed by atoms with Gasteiger partial charge in [0.25, 0.3) is 5.91 Å². The van der Waals surface area contributed by atoms with E-state index in [9.17, 15) is 9.59 Å². The number of hydrogen-bond acceptors (Lipinski definition) is 4. The number of pyridine rings is 1. The summed E-state index contributed by atoms with van der Waals surface area (Å²) in [5, 5.41) is 11.2. The summed E-state index contributed by atoms with van der Waals surface area (Å²) in [6.07, 6.45) is 11.7. The highest BCUT2D eigenvalue weighted by Crippen LogP contribution is 2.25. The molecule has 0 atom stereocenters. The van der Waals surface area contributed by atoms with Crippen molar-refractivity contribution in [3.05, 3.63) is 58.9 Å². The molecule has 0 unspecified atom stereocenters. The van der Waals surface area contributed by atoms with E-state index in [0.29, 0.717) is 25.1 Å². The number of amides is 2. The standard InChI is InChI=1S/C25H29N5O2/c31-23(30-11-10-21-19(16-30)14-26-24-22(21)15-27-29-24)13-17-6-5-7-18(12-17)25(32)28-20-8-3-1-2-4-9-20/h5-7,12,14-15,20H,1-4,8-11,13,16H2,(H,28,32)(H,26,27,29). The first kappa shape index (κ1) is 20.7. The predicted molar refractivity (Wildman–Crippen MR) is 122 cm³/mol. The Labute approximate surface area is 187 Å². The minimum absolute atomic E-state index is 0.0340. The Hall–Kier alpha value is -3.22. The molecule has 0 bridgehead atoms. The lowest BCUT2D eigenvalue weighted by atomic mass is 9.98. The smallest absolute Gasteiger partial charge is 0.251 e. The number of aromatic nitrogens is 3. The molecule has 1 fully saturated rings. The summed E-state index contributed by atoms with van der Waals surface area (Å²) < 4.78 is 0. The molecular formula is C25H29N5O2. The second-order valence-electron chi connectivity index (χ2n) is 9.00. The highest BCUT2D eigenvalue weighted by molar-refractivity contribution is 5.94. The van der Waals surface area contributed by atoms with Gasteiger partial charge in [0.05, 0.1) is 12.6 Å². The fourth-order valence-corrected chi connectivity index (χ4v) is 4.97. The zero-order valence-corrected chi connectivity index (χ0v) is 18.3. The molecule has 32 heavy (non-hydrogen) atoms. The molecule has 1 aromatic carbocycles. The molecule has 7 heteroatoms. The molecular weight excluding hydrogens is 402 g/mol. The lowest BCUT2D eigenvalue weighted by Crippen LogP contribution is -2.37. The van der Waals surface area contributed by atoms with Crippen molar-refractivity contribution in [2.24, 2.45) is 0 Å². The van der Waals surface area contributed by atoms with Gasteiger partial charge >= 0.3 is 0 Å². The number of aromatic amines is 1. The number of nitrogens with one attached hydrogen (secondary N) is 2. The van der Waals surface area contributed by atoms with E-state index >= 15 is 0 Å². The molecule has 0 saturated heterocycles. The number of rotatable bonds is 4. The molecule has 166 valence electrons. The maximum absolute atomic E-state index is 13.0. The van der Waals surface area contributed by atoms with Gasteiger partial charge in [-0.15, -0.1) is 0 Å². The van der Waals surface area contributed by atoms with E-state index in [1.807, 2.05) is 41.6 Å². The molecule has 2 aromatic heterocycles. The first-order valence-electron chi connectivity index (χ1n) is 11.6. The lowest BCUT2D eigenvalue weighted by Gasteiger charge is -2.29. The van der Waals surface area contributed by atoms with E-state index in [1.165, 1.54) is 31.2 Å². The third-order valence-corrected chi connectivity index (χ3v) is 6.76. The van der Waals surface area contributed by atoms with Crippen molar-refractivity contribution in [1.82, 2.24) is 25.4 Å². The minimum Gasteiger partial charge on any atom is -0.349 e. The Kier molecular flexibility index (Phi) is 5.88. The zero-order valence-electron chi connectivity index (χ0n) is 18.3. The lowest BCUT2D eigenvalue weighted by molar-refractivity contribution is -0.131. The molecule has 0 radical (unpaired) electrons. The summed E-state index contributed by atoms with van der Waals surface area (Å²) in [4.78, 5) is 32.1. The number of nitrogens with zero attached hydrogens (tertiary/aromatic N) is 3. The molecule has 3 heterocycles. The van der Waals surface area contributed by atoms with Crippen molar-refractivity contribution in [3.8, 4) is 0 Å². The van der Waals surface area contributed by atoms with Crippen LogP contribution in [0.25, 0.3) is 11.0 Å². The second-order valence-corrected chi connectivity index (χ2v) is 9.00. The summed E-state index contributed by atoms with van der Waals surface area (Å²) in [5.74, 6) is 0.0394. The second kappa shape index (κ2) is 9.10. The van der Waals surface area contributed by atoms with Crippen LogP contribution < -0.4 is 5.32 Å². The van der Waals surface area contributed by atoms with Gasteiger partial charge in [0, 0.05) is 36.3 Å². The molecule has 1 aliphatic carbocycles. The molecule has 2 N–H and O–H groups in total. The Bertz CT molecular complexity index is 1130. The first-order valence-corrected chi connectivity index (χ1v) is 11.6. The van der Waals surface area contributed by atoms with Gasteiger partial charge in [-0.1, -0.05) is 37.8 Å². The Morgan fingerprint density at radius 3 is 2.81 bits per heavy atom. The monoisotopic (exact) mass is 431 g/mol. The van der Waals surface area contributed by atoms with E-state index in [2.05, 4.69) is 20.5 Å². The van der Waals surface area contributed by atoms with Crippen LogP contribution in [-0.2, 0) is 24.2 Å². The fraction of sp³-hybridized carbons (Fsp3) is 0.440. The SMILES string of the molecule is O=C(NC1CCCCCC1)c1cccc(CC(=O)N2CCc3c(cnc4[nH]ncc34)C2)c1. The normalized spacial score (nSPS) is 17.1. The van der Waals surface area contributed by atoms with Crippen molar-refractivity contribution in [2.75, 3.05) is 6.54 Å². The Balaban J connectivity index is 1.23. The van der Waals surface area contributed by atoms with Crippen LogP contribution in [0, 0.1) is 0 Å². The molecule has 5 rings (SSSR count). The van der Waals surface area contributed by atoms with E-state index < -0.39 is 0 Å². The summed E-state index contributed by atoms with van der Waals surface area (Å²) in [6.45, 7) is 1.24. The summed E-state index contributed by atoms with van der Waals surface area (Å²) in [6, 6.07) is 7.75. The van der Waals surface area contributed by atoms with Gasteiger partial charge in [-0.3, -0.25) is 14.7 Å². The molecule has 1 aliphatic heterocycles. The molecule has 7 nitrogen and oxygen atoms in total. The number of H-pyrrole nitrogens is 1. The van der Waals surface area contributed by atoms with Crippen molar-refractivity contribution in [1.29, 1.82) is 0 Å². The molecule has 3 aromatic rings. The predicted octanol–water partition coefficient (Wildman–Crippen LogP) is 3.54. The van der Waals surface area contributed by atoms with Crippen LogP contribution in [0.4, 0.5) is 0 Å². The van der Waals surface area contributed by atoms with Gasteiger partial charge in [-0.25, -0.2) is 4.98 Å². The van der Waals surface area contributed by atoms with Crippen LogP contribution in [0.5, 0.6) is 0 Å². The van der Waals surface area contributed by atoms with Gasteiger partial charge in [0.1, 0.15) is 0 Å². The van der Waals surface area contributed by atoms with Crippen LogP contribution in [0.15, 0.2) is 36.7 Å². The summed E-state index contributed by atoms with van der Waals surface area (Å²) >= 11 is 0. The minimum atomic E-state index is -0.0340.